The summed E-state index contributed by atoms with van der Waals surface area (Å²) in [4.78, 5) is 28.9. The van der Waals surface area contributed by atoms with Crippen molar-refractivity contribution in [1.82, 2.24) is 0 Å². The van der Waals surface area contributed by atoms with E-state index in [2.05, 4.69) is 5.32 Å². The first-order chi connectivity index (χ1) is 17.5. The number of ketones is 1. The Morgan fingerprint density at radius 1 is 1.00 bits per heavy atom. The highest BCUT2D eigenvalue weighted by Gasteiger charge is 2.41. The third kappa shape index (κ3) is 4.24. The van der Waals surface area contributed by atoms with Gasteiger partial charge in [-0.1, -0.05) is 42.5 Å². The van der Waals surface area contributed by atoms with Crippen LogP contribution in [-0.2, 0) is 9.59 Å². The van der Waals surface area contributed by atoms with Crippen LogP contribution in [0.15, 0.2) is 84.1 Å². The van der Waals surface area contributed by atoms with Crippen LogP contribution in [0, 0.1) is 0 Å². The second kappa shape index (κ2) is 9.90. The molecule has 1 aliphatic heterocycles. The summed E-state index contributed by atoms with van der Waals surface area (Å²) in [7, 11) is 1.64. The number of nitrogens with one attached hydrogen (secondary N) is 1. The fourth-order valence-electron chi connectivity index (χ4n) is 5.34. The van der Waals surface area contributed by atoms with Gasteiger partial charge >= 0.3 is 0 Å². The van der Waals surface area contributed by atoms with Crippen molar-refractivity contribution in [3.8, 4) is 11.5 Å². The van der Waals surface area contributed by atoms with E-state index < -0.39 is 6.04 Å². The maximum Gasteiger partial charge on any atom is 0.224 e. The van der Waals surface area contributed by atoms with Crippen LogP contribution in [0.4, 0.5) is 11.4 Å². The van der Waals surface area contributed by atoms with Crippen molar-refractivity contribution in [3.05, 3.63) is 95.2 Å². The van der Waals surface area contributed by atoms with Gasteiger partial charge in [-0.15, -0.1) is 0 Å². The highest BCUT2D eigenvalue weighted by atomic mass is 16.5. The molecule has 2 atom stereocenters. The van der Waals surface area contributed by atoms with Crippen LogP contribution in [0.25, 0.3) is 0 Å². The molecule has 0 fully saturated rings. The highest BCUT2D eigenvalue weighted by Crippen LogP contribution is 2.48. The van der Waals surface area contributed by atoms with Gasteiger partial charge in [0.05, 0.1) is 31.1 Å². The van der Waals surface area contributed by atoms with Crippen LogP contribution in [0.3, 0.4) is 0 Å². The molecule has 1 heterocycles. The van der Waals surface area contributed by atoms with Gasteiger partial charge < -0.3 is 14.8 Å². The lowest BCUT2D eigenvalue weighted by atomic mass is 9.78. The van der Waals surface area contributed by atoms with Crippen LogP contribution in [0.2, 0.25) is 0 Å². The molecule has 184 valence electrons. The molecule has 0 saturated carbocycles. The first kappa shape index (κ1) is 23.7. The standard InChI is InChI=1S/C30H30N2O4/c1-4-36-28-12-8-5-9-23(28)30-29-25(31-24-10-6-7-11-26(24)32(30)19(2)33)17-21(18-27(29)34)20-13-15-22(35-3)16-14-20/h5-16,21,30-31H,4,17-18H2,1-3H3. The summed E-state index contributed by atoms with van der Waals surface area (Å²) in [6.45, 7) is 3.96. The summed E-state index contributed by atoms with van der Waals surface area (Å²) in [5, 5.41) is 3.55. The van der Waals surface area contributed by atoms with Gasteiger partial charge in [0.25, 0.3) is 0 Å². The molecule has 0 aromatic heterocycles. The fourth-order valence-corrected chi connectivity index (χ4v) is 5.34. The largest absolute Gasteiger partial charge is 0.497 e. The minimum Gasteiger partial charge on any atom is -0.497 e. The van der Waals surface area contributed by atoms with Gasteiger partial charge in [0, 0.05) is 30.2 Å². The summed E-state index contributed by atoms with van der Waals surface area (Å²) >= 11 is 0. The summed E-state index contributed by atoms with van der Waals surface area (Å²) in [6.07, 6.45) is 1.02. The minimum absolute atomic E-state index is 0.0217. The molecule has 0 saturated heterocycles. The van der Waals surface area contributed by atoms with Gasteiger partial charge in [-0.3, -0.25) is 14.5 Å². The van der Waals surface area contributed by atoms with Crippen molar-refractivity contribution in [1.29, 1.82) is 0 Å². The Balaban J connectivity index is 1.69. The SMILES string of the molecule is CCOc1ccccc1C1C2=C(CC(c3ccc(OC)cc3)CC2=O)Nc2ccccc2N1C(C)=O. The van der Waals surface area contributed by atoms with Gasteiger partial charge in [-0.25, -0.2) is 0 Å². The number of methoxy groups -OCH3 is 1. The normalized spacial score (nSPS) is 19.1. The Morgan fingerprint density at radius 2 is 1.72 bits per heavy atom. The molecule has 2 unspecified atom stereocenters. The number of rotatable bonds is 5. The quantitative estimate of drug-likeness (QED) is 0.482. The lowest BCUT2D eigenvalue weighted by Gasteiger charge is -2.35. The number of anilines is 2. The summed E-state index contributed by atoms with van der Waals surface area (Å²) in [5.74, 6) is 1.37. The molecule has 3 aromatic carbocycles. The van der Waals surface area contributed by atoms with Crippen molar-refractivity contribution in [3.63, 3.8) is 0 Å². The number of carbonyl (C=O) groups is 2. The lowest BCUT2D eigenvalue weighted by Crippen LogP contribution is -2.37. The number of hydrogen-bond acceptors (Lipinski definition) is 5. The Kier molecular flexibility index (Phi) is 6.51. The van der Waals surface area contributed by atoms with E-state index in [1.807, 2.05) is 79.7 Å². The Labute approximate surface area is 211 Å². The molecular weight excluding hydrogens is 452 g/mol. The number of Topliss-reactive ketones (excluding diaryl/α,β-unsaturated/α-hetero) is 1. The second-order valence-electron chi connectivity index (χ2n) is 9.10. The predicted octanol–water partition coefficient (Wildman–Crippen LogP) is 6.01. The van der Waals surface area contributed by atoms with E-state index in [0.717, 1.165) is 33.9 Å². The van der Waals surface area contributed by atoms with Gasteiger partial charge in [0.2, 0.25) is 5.91 Å². The number of allylic oxidation sites excluding steroid dienone is 1. The third-order valence-corrected chi connectivity index (χ3v) is 6.93. The molecule has 6 heteroatoms. The van der Waals surface area contributed by atoms with Crippen molar-refractivity contribution in [2.45, 2.75) is 38.6 Å². The Bertz CT molecular complexity index is 1330. The number of nitrogens with zero attached hydrogens (tertiary/aromatic N) is 1. The second-order valence-corrected chi connectivity index (χ2v) is 9.10. The molecule has 1 aliphatic carbocycles. The van der Waals surface area contributed by atoms with E-state index in [4.69, 9.17) is 9.47 Å². The van der Waals surface area contributed by atoms with Crippen LogP contribution in [-0.4, -0.2) is 25.4 Å². The number of ether oxygens (including phenoxy) is 2. The molecule has 3 aromatic rings. The van der Waals surface area contributed by atoms with Crippen LogP contribution in [0.5, 0.6) is 11.5 Å². The van der Waals surface area contributed by atoms with Gasteiger partial charge in [0.1, 0.15) is 11.5 Å². The molecule has 2 aliphatic rings. The molecule has 0 bridgehead atoms. The van der Waals surface area contributed by atoms with Crippen LogP contribution < -0.4 is 19.7 Å². The van der Waals surface area contributed by atoms with Gasteiger partial charge in [0.15, 0.2) is 5.78 Å². The van der Waals surface area contributed by atoms with Crippen molar-refractivity contribution < 1.29 is 19.1 Å². The Hall–Kier alpha value is -4.06. The predicted molar refractivity (Wildman–Crippen MR) is 141 cm³/mol. The van der Waals surface area contributed by atoms with Crippen molar-refractivity contribution >= 4 is 23.1 Å². The molecule has 1 N–H and O–H groups in total. The number of amides is 1. The summed E-state index contributed by atoms with van der Waals surface area (Å²) in [6, 6.07) is 22.7. The zero-order valence-electron chi connectivity index (χ0n) is 20.8. The number of carbonyl (C=O) groups excluding carboxylic acids is 2. The van der Waals surface area contributed by atoms with Crippen LogP contribution >= 0.6 is 0 Å². The molecule has 36 heavy (non-hydrogen) atoms. The summed E-state index contributed by atoms with van der Waals surface area (Å²) < 4.78 is 11.3. The van der Waals surface area contributed by atoms with E-state index >= 15 is 0 Å². The van der Waals surface area contributed by atoms with Crippen molar-refractivity contribution in [2.24, 2.45) is 0 Å². The van der Waals surface area contributed by atoms with E-state index in [0.29, 0.717) is 30.8 Å². The third-order valence-electron chi connectivity index (χ3n) is 6.93. The van der Waals surface area contributed by atoms with Crippen molar-refractivity contribution in [2.75, 3.05) is 23.9 Å². The molecule has 6 nitrogen and oxygen atoms in total. The average molecular weight is 483 g/mol. The van der Waals surface area contributed by atoms with E-state index in [9.17, 15) is 9.59 Å². The summed E-state index contributed by atoms with van der Waals surface area (Å²) in [5.41, 5.74) is 4.91. The molecule has 0 radical (unpaired) electrons. The number of para-hydroxylation sites is 3. The fraction of sp³-hybridized carbons (Fsp3) is 0.267. The molecular formula is C30H30N2O4. The first-order valence-electron chi connectivity index (χ1n) is 12.3. The van der Waals surface area contributed by atoms with E-state index in [1.54, 1.807) is 18.9 Å². The maximum atomic E-state index is 14.0. The number of fused-ring (bicyclic) bond motifs is 1. The molecule has 0 spiro atoms. The van der Waals surface area contributed by atoms with Crippen LogP contribution in [0.1, 0.15) is 49.8 Å². The molecule has 1 amide bonds. The number of hydrogen-bond donors (Lipinski definition) is 1. The van der Waals surface area contributed by atoms with Gasteiger partial charge in [-0.2, -0.15) is 0 Å². The van der Waals surface area contributed by atoms with Gasteiger partial charge in [-0.05, 0) is 55.2 Å². The van der Waals surface area contributed by atoms with E-state index in [-0.39, 0.29) is 17.6 Å². The van der Waals surface area contributed by atoms with E-state index in [1.165, 1.54) is 0 Å². The average Bonchev–Trinajstić information content (AvgIpc) is 3.04. The molecule has 5 rings (SSSR count). The monoisotopic (exact) mass is 482 g/mol. The lowest BCUT2D eigenvalue weighted by molar-refractivity contribution is -0.117. The highest BCUT2D eigenvalue weighted by molar-refractivity contribution is 6.06. The number of benzene rings is 3. The zero-order valence-corrected chi connectivity index (χ0v) is 20.8. The maximum absolute atomic E-state index is 14.0. The zero-order chi connectivity index (χ0) is 25.2. The Morgan fingerprint density at radius 3 is 2.44 bits per heavy atom. The topological polar surface area (TPSA) is 67.9 Å². The first-order valence-corrected chi connectivity index (χ1v) is 12.3. The minimum atomic E-state index is -0.597. The smallest absolute Gasteiger partial charge is 0.224 e.